The Labute approximate surface area is 123 Å². The Morgan fingerprint density at radius 2 is 2.10 bits per heavy atom. The van der Waals surface area contributed by atoms with Crippen LogP contribution < -0.4 is 10.6 Å². The van der Waals surface area contributed by atoms with Crippen molar-refractivity contribution in [1.82, 2.24) is 19.9 Å². The van der Waals surface area contributed by atoms with Crippen LogP contribution in [-0.2, 0) is 19.6 Å². The number of nitrogens with zero attached hydrogens (tertiary/aromatic N) is 3. The standard InChI is InChI=1S/C16H17N5/c1-11-4-15(21-16(5-11)19-10-20-21)18-7-12-2-3-13-8-17-9-14(13)6-12/h2-6,10,17-18H,7-9H2,1H3. The molecule has 0 saturated carbocycles. The number of pyridine rings is 1. The van der Waals surface area contributed by atoms with Gasteiger partial charge in [0.05, 0.1) is 0 Å². The van der Waals surface area contributed by atoms with Crippen LogP contribution in [0.25, 0.3) is 5.65 Å². The fraction of sp³-hybridized carbons (Fsp3) is 0.250. The molecule has 0 aliphatic carbocycles. The van der Waals surface area contributed by atoms with Crippen LogP contribution in [0.15, 0.2) is 36.7 Å². The molecule has 5 nitrogen and oxygen atoms in total. The molecule has 0 unspecified atom stereocenters. The first-order valence-electron chi connectivity index (χ1n) is 7.15. The van der Waals surface area contributed by atoms with E-state index in [1.165, 1.54) is 22.3 Å². The van der Waals surface area contributed by atoms with Gasteiger partial charge in [0.15, 0.2) is 5.65 Å². The summed E-state index contributed by atoms with van der Waals surface area (Å²) in [5.41, 5.74) is 6.15. The molecule has 0 radical (unpaired) electrons. The van der Waals surface area contributed by atoms with E-state index in [9.17, 15) is 0 Å². The van der Waals surface area contributed by atoms with Gasteiger partial charge in [-0.25, -0.2) is 4.98 Å². The van der Waals surface area contributed by atoms with Crippen LogP contribution >= 0.6 is 0 Å². The van der Waals surface area contributed by atoms with Crippen molar-refractivity contribution >= 4 is 11.5 Å². The third-order valence-electron chi connectivity index (χ3n) is 3.90. The van der Waals surface area contributed by atoms with Gasteiger partial charge in [0.1, 0.15) is 12.1 Å². The van der Waals surface area contributed by atoms with E-state index >= 15 is 0 Å². The average molecular weight is 279 g/mol. The SMILES string of the molecule is Cc1cc(NCc2ccc3c(c2)CNC3)n2ncnc2c1. The molecule has 0 bridgehead atoms. The molecule has 0 atom stereocenters. The van der Waals surface area contributed by atoms with Crippen molar-refractivity contribution in [2.75, 3.05) is 5.32 Å². The predicted molar refractivity (Wildman–Crippen MR) is 82.0 cm³/mol. The van der Waals surface area contributed by atoms with E-state index in [1.54, 1.807) is 6.33 Å². The van der Waals surface area contributed by atoms with Crippen molar-refractivity contribution < 1.29 is 0 Å². The minimum absolute atomic E-state index is 0.783. The summed E-state index contributed by atoms with van der Waals surface area (Å²) in [6.45, 7) is 4.81. The van der Waals surface area contributed by atoms with Crippen molar-refractivity contribution in [3.63, 3.8) is 0 Å². The van der Waals surface area contributed by atoms with Crippen LogP contribution in [0.2, 0.25) is 0 Å². The van der Waals surface area contributed by atoms with Crippen molar-refractivity contribution in [3.05, 3.63) is 58.9 Å². The Morgan fingerprint density at radius 1 is 1.19 bits per heavy atom. The van der Waals surface area contributed by atoms with Crippen LogP contribution in [0.5, 0.6) is 0 Å². The van der Waals surface area contributed by atoms with E-state index in [0.717, 1.165) is 31.1 Å². The highest BCUT2D eigenvalue weighted by molar-refractivity contribution is 5.51. The van der Waals surface area contributed by atoms with Crippen molar-refractivity contribution in [1.29, 1.82) is 0 Å². The molecule has 2 aromatic heterocycles. The maximum Gasteiger partial charge on any atom is 0.157 e. The van der Waals surface area contributed by atoms with E-state index in [4.69, 9.17) is 0 Å². The van der Waals surface area contributed by atoms with Crippen LogP contribution in [-0.4, -0.2) is 14.6 Å². The third kappa shape index (κ3) is 2.25. The number of aromatic nitrogens is 3. The van der Waals surface area contributed by atoms with Gasteiger partial charge >= 0.3 is 0 Å². The van der Waals surface area contributed by atoms with Crippen LogP contribution in [0.1, 0.15) is 22.3 Å². The molecule has 3 aromatic rings. The number of hydrogen-bond donors (Lipinski definition) is 2. The minimum Gasteiger partial charge on any atom is -0.366 e. The minimum atomic E-state index is 0.783. The molecule has 2 N–H and O–H groups in total. The Hall–Kier alpha value is -2.40. The first kappa shape index (κ1) is 12.3. The second-order valence-electron chi connectivity index (χ2n) is 5.51. The molecule has 1 aliphatic heterocycles. The second-order valence-corrected chi connectivity index (χ2v) is 5.51. The van der Waals surface area contributed by atoms with E-state index < -0.39 is 0 Å². The zero-order valence-electron chi connectivity index (χ0n) is 11.9. The lowest BCUT2D eigenvalue weighted by Gasteiger charge is -2.10. The largest absolute Gasteiger partial charge is 0.366 e. The number of benzene rings is 1. The summed E-state index contributed by atoms with van der Waals surface area (Å²) in [5.74, 6) is 0.973. The molecule has 4 rings (SSSR count). The maximum absolute atomic E-state index is 4.26. The summed E-state index contributed by atoms with van der Waals surface area (Å²) in [7, 11) is 0. The van der Waals surface area contributed by atoms with Gasteiger partial charge in [-0.2, -0.15) is 9.61 Å². The van der Waals surface area contributed by atoms with Gasteiger partial charge in [-0.1, -0.05) is 18.2 Å². The number of anilines is 1. The Bertz CT molecular complexity index is 806. The number of hydrogen-bond acceptors (Lipinski definition) is 4. The fourth-order valence-electron chi connectivity index (χ4n) is 2.83. The van der Waals surface area contributed by atoms with E-state index in [2.05, 4.69) is 51.9 Å². The van der Waals surface area contributed by atoms with Crippen LogP contribution in [0.3, 0.4) is 0 Å². The van der Waals surface area contributed by atoms with E-state index in [0.29, 0.717) is 0 Å². The lowest BCUT2D eigenvalue weighted by Crippen LogP contribution is -2.06. The summed E-state index contributed by atoms with van der Waals surface area (Å²) in [4.78, 5) is 4.25. The number of nitrogens with one attached hydrogen (secondary N) is 2. The van der Waals surface area contributed by atoms with E-state index in [1.807, 2.05) is 10.6 Å². The van der Waals surface area contributed by atoms with Gasteiger partial charge in [0, 0.05) is 19.6 Å². The van der Waals surface area contributed by atoms with Crippen LogP contribution in [0, 0.1) is 6.92 Å². The maximum atomic E-state index is 4.26. The Balaban J connectivity index is 1.59. The lowest BCUT2D eigenvalue weighted by atomic mass is 10.1. The number of aryl methyl sites for hydroxylation is 1. The van der Waals surface area contributed by atoms with Crippen molar-refractivity contribution in [2.24, 2.45) is 0 Å². The van der Waals surface area contributed by atoms with Gasteiger partial charge in [0.25, 0.3) is 0 Å². The van der Waals surface area contributed by atoms with Crippen molar-refractivity contribution in [2.45, 2.75) is 26.6 Å². The second kappa shape index (κ2) is 4.86. The molecule has 0 amide bonds. The van der Waals surface area contributed by atoms with Crippen molar-refractivity contribution in [3.8, 4) is 0 Å². The summed E-state index contributed by atoms with van der Waals surface area (Å²) < 4.78 is 1.84. The first-order chi connectivity index (χ1) is 10.3. The number of rotatable bonds is 3. The van der Waals surface area contributed by atoms with Gasteiger partial charge in [-0.3, -0.25) is 0 Å². The summed E-state index contributed by atoms with van der Waals surface area (Å²) in [6, 6.07) is 10.8. The topological polar surface area (TPSA) is 54.2 Å². The molecule has 0 saturated heterocycles. The molecule has 5 heteroatoms. The first-order valence-corrected chi connectivity index (χ1v) is 7.15. The highest BCUT2D eigenvalue weighted by atomic mass is 15.3. The van der Waals surface area contributed by atoms with Gasteiger partial charge in [-0.05, 0) is 41.3 Å². The van der Waals surface area contributed by atoms with E-state index in [-0.39, 0.29) is 0 Å². The lowest BCUT2D eigenvalue weighted by molar-refractivity contribution is 0.764. The highest BCUT2D eigenvalue weighted by Gasteiger charge is 2.10. The quantitative estimate of drug-likeness (QED) is 0.772. The number of fused-ring (bicyclic) bond motifs is 2. The molecule has 1 aromatic carbocycles. The van der Waals surface area contributed by atoms with Crippen LogP contribution in [0.4, 0.5) is 5.82 Å². The predicted octanol–water partition coefficient (Wildman–Crippen LogP) is 2.25. The molecular formula is C16H17N5. The molecule has 3 heterocycles. The monoisotopic (exact) mass is 279 g/mol. The summed E-state index contributed by atoms with van der Waals surface area (Å²) in [6.07, 6.45) is 1.58. The van der Waals surface area contributed by atoms with Gasteiger partial charge < -0.3 is 10.6 Å². The Morgan fingerprint density at radius 3 is 3.05 bits per heavy atom. The smallest absolute Gasteiger partial charge is 0.157 e. The molecular weight excluding hydrogens is 262 g/mol. The zero-order valence-corrected chi connectivity index (χ0v) is 11.9. The zero-order chi connectivity index (χ0) is 14.2. The average Bonchev–Trinajstić information content (AvgIpc) is 3.12. The van der Waals surface area contributed by atoms with Gasteiger partial charge in [-0.15, -0.1) is 0 Å². The fourth-order valence-corrected chi connectivity index (χ4v) is 2.83. The normalized spacial score (nSPS) is 13.6. The summed E-state index contributed by atoms with van der Waals surface area (Å²) >= 11 is 0. The van der Waals surface area contributed by atoms with Gasteiger partial charge in [0.2, 0.25) is 0 Å². The summed E-state index contributed by atoms with van der Waals surface area (Å²) in [5, 5.41) is 11.1. The molecule has 0 fully saturated rings. The Kier molecular flexibility index (Phi) is 2.86. The molecule has 0 spiro atoms. The molecule has 1 aliphatic rings. The molecule has 106 valence electrons. The molecule has 21 heavy (non-hydrogen) atoms. The third-order valence-corrected chi connectivity index (χ3v) is 3.90. The highest BCUT2D eigenvalue weighted by Crippen LogP contribution is 2.19.